The first kappa shape index (κ1) is 27.2. The summed E-state index contributed by atoms with van der Waals surface area (Å²) in [6.07, 6.45) is 4.25. The van der Waals surface area contributed by atoms with Gasteiger partial charge in [0.1, 0.15) is 29.2 Å². The summed E-state index contributed by atoms with van der Waals surface area (Å²) in [5, 5.41) is 7.76. The third kappa shape index (κ3) is 8.34. The van der Waals surface area contributed by atoms with Crippen molar-refractivity contribution in [1.82, 2.24) is 0 Å². The Kier molecular flexibility index (Phi) is 10.1. The van der Waals surface area contributed by atoms with Gasteiger partial charge in [-0.1, -0.05) is 65.9 Å². The maximum absolute atomic E-state index is 11.8. The first-order chi connectivity index (χ1) is 16.8. The number of carbonyl (C=O) groups is 1. The van der Waals surface area contributed by atoms with Crippen molar-refractivity contribution in [1.29, 1.82) is 0 Å². The zero-order chi connectivity index (χ0) is 25.4. The largest absolute Gasteiger partial charge is 0.494 e. The van der Waals surface area contributed by atoms with E-state index in [0.717, 1.165) is 35.4 Å². The van der Waals surface area contributed by atoms with Gasteiger partial charge in [0.05, 0.1) is 17.8 Å². The summed E-state index contributed by atoms with van der Waals surface area (Å²) in [6.45, 7) is 4.33. The van der Waals surface area contributed by atoms with Gasteiger partial charge in [0.25, 0.3) is 0 Å². The summed E-state index contributed by atoms with van der Waals surface area (Å²) in [6, 6.07) is 11.2. The van der Waals surface area contributed by atoms with Crippen molar-refractivity contribution in [3.8, 4) is 11.5 Å². The summed E-state index contributed by atoms with van der Waals surface area (Å²) in [5.41, 5.74) is 3.38. The van der Waals surface area contributed by atoms with Crippen LogP contribution in [0.25, 0.3) is 0 Å². The number of halogens is 3. The van der Waals surface area contributed by atoms with E-state index in [1.165, 1.54) is 0 Å². The fourth-order valence-corrected chi connectivity index (χ4v) is 3.68. The number of nitrogens with one attached hydrogen (secondary N) is 1. The van der Waals surface area contributed by atoms with Crippen LogP contribution in [0.3, 0.4) is 0 Å². The van der Waals surface area contributed by atoms with Crippen LogP contribution in [0.5, 0.6) is 11.5 Å². The first-order valence-electron chi connectivity index (χ1n) is 11.4. The van der Waals surface area contributed by atoms with Crippen LogP contribution >= 0.6 is 34.8 Å². The molecular weight excluding hydrogens is 511 g/mol. The Morgan fingerprint density at radius 1 is 1.20 bits per heavy atom. The number of hydrogen-bond acceptors (Lipinski definition) is 5. The van der Waals surface area contributed by atoms with Gasteiger partial charge in [-0.2, -0.15) is 0 Å². The average Bonchev–Trinajstić information content (AvgIpc) is 3.65. The molecule has 1 aliphatic rings. The van der Waals surface area contributed by atoms with Gasteiger partial charge in [-0.05, 0) is 42.7 Å². The highest BCUT2D eigenvalue weighted by atomic mass is 35.5. The van der Waals surface area contributed by atoms with Gasteiger partial charge in [-0.25, -0.2) is 0 Å². The van der Waals surface area contributed by atoms with Crippen LogP contribution in [0.15, 0.2) is 52.1 Å². The fourth-order valence-electron chi connectivity index (χ4n) is 3.27. The Labute approximate surface area is 221 Å². The highest BCUT2D eigenvalue weighted by molar-refractivity contribution is 6.55. The van der Waals surface area contributed by atoms with E-state index in [1.807, 2.05) is 44.2 Å². The van der Waals surface area contributed by atoms with Crippen molar-refractivity contribution < 1.29 is 19.1 Å². The lowest BCUT2D eigenvalue weighted by Crippen LogP contribution is -2.17. The summed E-state index contributed by atoms with van der Waals surface area (Å²) in [5.74, 6) is 1.28. The minimum absolute atomic E-state index is 0.00709. The second kappa shape index (κ2) is 13.1. The van der Waals surface area contributed by atoms with Crippen LogP contribution in [-0.4, -0.2) is 31.9 Å². The SMILES string of the molecule is COc1c(Cl)cc(OCC=C(Cl)Cl)cc1/C(=N/OCCc1ccc(NC(=O)C(C)C)cc1)C1CC1. The van der Waals surface area contributed by atoms with Gasteiger partial charge < -0.3 is 19.6 Å². The van der Waals surface area contributed by atoms with Crippen molar-refractivity contribution in [2.45, 2.75) is 33.1 Å². The Bertz CT molecular complexity index is 1080. The van der Waals surface area contributed by atoms with E-state index in [9.17, 15) is 4.79 Å². The number of oxime groups is 1. The minimum Gasteiger partial charge on any atom is -0.494 e. The Morgan fingerprint density at radius 2 is 1.91 bits per heavy atom. The molecule has 0 saturated heterocycles. The van der Waals surface area contributed by atoms with Crippen molar-refractivity contribution in [2.75, 3.05) is 25.6 Å². The van der Waals surface area contributed by atoms with Gasteiger partial charge in [0, 0.05) is 35.6 Å². The van der Waals surface area contributed by atoms with E-state index in [0.29, 0.717) is 29.5 Å². The molecule has 0 heterocycles. The number of amides is 1. The van der Waals surface area contributed by atoms with Crippen LogP contribution < -0.4 is 14.8 Å². The molecule has 2 aromatic carbocycles. The Hall–Kier alpha value is -2.41. The third-order valence-corrected chi connectivity index (χ3v) is 5.93. The van der Waals surface area contributed by atoms with Crippen LogP contribution in [0, 0.1) is 11.8 Å². The second-order valence-corrected chi connectivity index (χ2v) is 9.88. The number of carbonyl (C=O) groups excluding carboxylic acids is 1. The minimum atomic E-state index is -0.0664. The number of nitrogens with zero attached hydrogens (tertiary/aromatic N) is 1. The second-order valence-electron chi connectivity index (χ2n) is 8.47. The molecule has 6 nitrogen and oxygen atoms in total. The highest BCUT2D eigenvalue weighted by Crippen LogP contribution is 2.40. The summed E-state index contributed by atoms with van der Waals surface area (Å²) in [7, 11) is 1.57. The predicted octanol–water partition coefficient (Wildman–Crippen LogP) is 7.01. The monoisotopic (exact) mass is 538 g/mol. The first-order valence-corrected chi connectivity index (χ1v) is 12.5. The molecule has 9 heteroatoms. The molecule has 0 aliphatic heterocycles. The average molecular weight is 540 g/mol. The van der Waals surface area contributed by atoms with Gasteiger partial charge in [-0.15, -0.1) is 0 Å². The Morgan fingerprint density at radius 3 is 2.51 bits per heavy atom. The molecule has 1 N–H and O–H groups in total. The Balaban J connectivity index is 1.67. The molecule has 0 aromatic heterocycles. The summed E-state index contributed by atoms with van der Waals surface area (Å²) >= 11 is 17.8. The van der Waals surface area contributed by atoms with E-state index >= 15 is 0 Å². The predicted molar refractivity (Wildman–Crippen MR) is 142 cm³/mol. The maximum atomic E-state index is 11.8. The fraction of sp³-hybridized carbons (Fsp3) is 0.385. The molecule has 35 heavy (non-hydrogen) atoms. The molecule has 0 atom stereocenters. The van der Waals surface area contributed by atoms with Crippen molar-refractivity contribution in [2.24, 2.45) is 17.0 Å². The number of ether oxygens (including phenoxy) is 2. The van der Waals surface area contributed by atoms with Crippen molar-refractivity contribution in [3.05, 3.63) is 63.1 Å². The third-order valence-electron chi connectivity index (χ3n) is 5.34. The molecule has 0 unspecified atom stereocenters. The normalized spacial score (nSPS) is 13.4. The van der Waals surface area contributed by atoms with E-state index in [1.54, 1.807) is 19.3 Å². The van der Waals surface area contributed by atoms with Gasteiger partial charge in [0.2, 0.25) is 5.91 Å². The molecule has 1 fully saturated rings. The van der Waals surface area contributed by atoms with E-state index in [-0.39, 0.29) is 28.8 Å². The number of hydrogen-bond donors (Lipinski definition) is 1. The van der Waals surface area contributed by atoms with E-state index in [2.05, 4.69) is 10.5 Å². The standard InChI is InChI=1S/C26H29Cl3N2O4/c1-16(2)26(32)30-19-8-4-17(5-9-19)10-13-35-31-24(18-6-7-18)21-14-20(34-12-11-23(28)29)15-22(27)25(21)33-3/h4-5,8-9,11,14-16,18H,6-7,10,12-13H2,1-3H3,(H,30,32)/b31-24+. The van der Waals surface area contributed by atoms with Gasteiger partial charge >= 0.3 is 0 Å². The molecule has 0 spiro atoms. The maximum Gasteiger partial charge on any atom is 0.226 e. The molecule has 1 saturated carbocycles. The summed E-state index contributed by atoms with van der Waals surface area (Å²) in [4.78, 5) is 17.5. The number of rotatable bonds is 12. The molecule has 0 bridgehead atoms. The topological polar surface area (TPSA) is 69.2 Å². The van der Waals surface area contributed by atoms with Crippen LogP contribution in [0.4, 0.5) is 5.69 Å². The van der Waals surface area contributed by atoms with E-state index in [4.69, 9.17) is 49.1 Å². The molecule has 1 amide bonds. The van der Waals surface area contributed by atoms with Crippen molar-refractivity contribution >= 4 is 52.1 Å². The molecule has 1 aliphatic carbocycles. The smallest absolute Gasteiger partial charge is 0.226 e. The highest BCUT2D eigenvalue weighted by Gasteiger charge is 2.32. The van der Waals surface area contributed by atoms with Crippen LogP contribution in [0.2, 0.25) is 5.02 Å². The summed E-state index contributed by atoms with van der Waals surface area (Å²) < 4.78 is 11.4. The molecule has 3 rings (SSSR count). The lowest BCUT2D eigenvalue weighted by molar-refractivity contribution is -0.118. The number of methoxy groups -OCH3 is 1. The molecular formula is C26H29Cl3N2O4. The lowest BCUT2D eigenvalue weighted by Gasteiger charge is -2.15. The lowest BCUT2D eigenvalue weighted by atomic mass is 10.0. The zero-order valence-electron chi connectivity index (χ0n) is 19.9. The van der Waals surface area contributed by atoms with Crippen LogP contribution in [0.1, 0.15) is 37.8 Å². The van der Waals surface area contributed by atoms with Gasteiger partial charge in [0.15, 0.2) is 0 Å². The number of benzene rings is 2. The molecule has 2 aromatic rings. The molecule has 188 valence electrons. The molecule has 0 radical (unpaired) electrons. The van der Waals surface area contributed by atoms with Crippen molar-refractivity contribution in [3.63, 3.8) is 0 Å². The quantitative estimate of drug-likeness (QED) is 0.179. The van der Waals surface area contributed by atoms with Gasteiger partial charge in [-0.3, -0.25) is 4.79 Å². The number of anilines is 1. The van der Waals surface area contributed by atoms with Crippen LogP contribution in [-0.2, 0) is 16.1 Å². The zero-order valence-corrected chi connectivity index (χ0v) is 22.2. The van der Waals surface area contributed by atoms with E-state index < -0.39 is 0 Å².